The van der Waals surface area contributed by atoms with Crippen LogP contribution in [0.25, 0.3) is 11.1 Å². The molecule has 0 aromatic heterocycles. The van der Waals surface area contributed by atoms with Gasteiger partial charge in [0.15, 0.2) is 9.84 Å². The number of nitrogens with two attached hydrogens (primary N) is 1. The quantitative estimate of drug-likeness (QED) is 0.675. The lowest BCUT2D eigenvalue weighted by Gasteiger charge is -2.16. The number of anilines is 1. The molecule has 2 rings (SSSR count). The van der Waals surface area contributed by atoms with Gasteiger partial charge in [-0.05, 0) is 42.2 Å². The minimum Gasteiger partial charge on any atom is -0.399 e. The lowest BCUT2D eigenvalue weighted by atomic mass is 9.98. The van der Waals surface area contributed by atoms with Gasteiger partial charge in [0.05, 0.1) is 21.2 Å². The molecule has 0 heterocycles. The molecule has 2 aromatic carbocycles. The average Bonchev–Trinajstić information content (AvgIpc) is 2.52. The molecule has 0 spiro atoms. The fourth-order valence-corrected chi connectivity index (χ4v) is 4.39. The van der Waals surface area contributed by atoms with Crippen LogP contribution in [-0.4, -0.2) is 14.2 Å². The summed E-state index contributed by atoms with van der Waals surface area (Å²) in [6.45, 7) is 3.83. The number of sulfone groups is 1. The van der Waals surface area contributed by atoms with Crippen LogP contribution in [0.5, 0.6) is 0 Å². The molecule has 0 aliphatic heterocycles. The minimum atomic E-state index is -4.64. The maximum absolute atomic E-state index is 13.3. The van der Waals surface area contributed by atoms with Crippen molar-refractivity contribution in [3.63, 3.8) is 0 Å². The molecule has 0 unspecified atom stereocenters. The molecule has 2 N–H and O–H groups in total. The lowest BCUT2D eigenvalue weighted by Crippen LogP contribution is -2.10. The van der Waals surface area contributed by atoms with Crippen molar-refractivity contribution in [2.45, 2.75) is 31.3 Å². The van der Waals surface area contributed by atoms with Gasteiger partial charge in [0, 0.05) is 11.3 Å². The number of halogens is 4. The molecule has 0 atom stereocenters. The van der Waals surface area contributed by atoms with Crippen molar-refractivity contribution in [1.82, 2.24) is 0 Å². The van der Waals surface area contributed by atoms with Gasteiger partial charge in [0.2, 0.25) is 0 Å². The average molecular weight is 406 g/mol. The molecule has 0 bridgehead atoms. The number of rotatable bonds is 5. The Morgan fingerprint density at radius 2 is 1.69 bits per heavy atom. The highest BCUT2D eigenvalue weighted by atomic mass is 35.5. The monoisotopic (exact) mass is 405 g/mol. The van der Waals surface area contributed by atoms with E-state index in [1.807, 2.05) is 13.8 Å². The smallest absolute Gasteiger partial charge is 0.399 e. The summed E-state index contributed by atoms with van der Waals surface area (Å²) in [5.74, 6) is 0.215. The zero-order valence-electron chi connectivity index (χ0n) is 14.3. The van der Waals surface area contributed by atoms with Gasteiger partial charge in [0.25, 0.3) is 0 Å². The van der Waals surface area contributed by atoms with Crippen LogP contribution < -0.4 is 5.73 Å². The SMILES string of the molecule is CC(C)CCS(=O)(=O)c1ccc(-c2c(Cl)cc(N)cc2C(F)(F)F)cc1. The van der Waals surface area contributed by atoms with Crippen LogP contribution in [0.15, 0.2) is 41.3 Å². The van der Waals surface area contributed by atoms with Crippen LogP contribution in [0.1, 0.15) is 25.8 Å². The number of nitrogen functional groups attached to an aromatic ring is 1. The first-order valence-corrected chi connectivity index (χ1v) is 9.94. The van der Waals surface area contributed by atoms with Gasteiger partial charge in [-0.3, -0.25) is 0 Å². The summed E-state index contributed by atoms with van der Waals surface area (Å²) < 4.78 is 64.6. The minimum absolute atomic E-state index is 0.0135. The van der Waals surface area contributed by atoms with E-state index in [0.717, 1.165) is 6.07 Å². The number of hydrogen-bond donors (Lipinski definition) is 1. The summed E-state index contributed by atoms with van der Waals surface area (Å²) in [6.07, 6.45) is -4.14. The van der Waals surface area contributed by atoms with Crippen molar-refractivity contribution in [3.8, 4) is 11.1 Å². The van der Waals surface area contributed by atoms with E-state index < -0.39 is 21.6 Å². The zero-order chi connectivity index (χ0) is 19.7. The first kappa shape index (κ1) is 20.6. The van der Waals surface area contributed by atoms with Crippen molar-refractivity contribution in [3.05, 3.63) is 47.0 Å². The van der Waals surface area contributed by atoms with Crippen LogP contribution in [0.4, 0.5) is 18.9 Å². The topological polar surface area (TPSA) is 60.2 Å². The van der Waals surface area contributed by atoms with E-state index in [-0.39, 0.29) is 38.4 Å². The Morgan fingerprint density at radius 3 is 2.19 bits per heavy atom. The predicted octanol–water partition coefficient (Wildman–Crippen LogP) is 5.43. The highest BCUT2D eigenvalue weighted by molar-refractivity contribution is 7.91. The molecule has 26 heavy (non-hydrogen) atoms. The summed E-state index contributed by atoms with van der Waals surface area (Å²) in [6, 6.07) is 7.31. The highest BCUT2D eigenvalue weighted by Gasteiger charge is 2.35. The van der Waals surface area contributed by atoms with Gasteiger partial charge >= 0.3 is 6.18 Å². The van der Waals surface area contributed by atoms with E-state index in [0.29, 0.717) is 6.42 Å². The van der Waals surface area contributed by atoms with Crippen LogP contribution >= 0.6 is 11.6 Å². The summed E-state index contributed by atoms with van der Waals surface area (Å²) >= 11 is 5.99. The molecular weight excluding hydrogens is 387 g/mol. The summed E-state index contributed by atoms with van der Waals surface area (Å²) in [5, 5.41) is -0.146. The van der Waals surface area contributed by atoms with E-state index in [9.17, 15) is 21.6 Å². The number of alkyl halides is 3. The van der Waals surface area contributed by atoms with Gasteiger partial charge < -0.3 is 5.73 Å². The molecule has 2 aromatic rings. The fraction of sp³-hybridized carbons (Fsp3) is 0.333. The van der Waals surface area contributed by atoms with Crippen molar-refractivity contribution in [2.24, 2.45) is 5.92 Å². The Kier molecular flexibility index (Phi) is 5.92. The van der Waals surface area contributed by atoms with Crippen LogP contribution in [-0.2, 0) is 16.0 Å². The van der Waals surface area contributed by atoms with Gasteiger partial charge in [-0.1, -0.05) is 37.6 Å². The second kappa shape index (κ2) is 7.48. The molecule has 0 aliphatic rings. The Balaban J connectivity index is 2.47. The van der Waals surface area contributed by atoms with Gasteiger partial charge in [-0.25, -0.2) is 8.42 Å². The third-order valence-electron chi connectivity index (χ3n) is 3.88. The van der Waals surface area contributed by atoms with Gasteiger partial charge in [-0.2, -0.15) is 13.2 Å². The molecule has 0 aliphatic carbocycles. The molecular formula is C18H19ClF3NO2S. The standard InChI is InChI=1S/C18H19ClF3NO2S/c1-11(2)7-8-26(24,25)14-5-3-12(4-6-14)17-15(18(20,21)22)9-13(23)10-16(17)19/h3-6,9-11H,7-8,23H2,1-2H3. The molecule has 0 saturated carbocycles. The molecule has 0 radical (unpaired) electrons. The van der Waals surface area contributed by atoms with E-state index in [1.54, 1.807) is 0 Å². The lowest BCUT2D eigenvalue weighted by molar-refractivity contribution is -0.137. The van der Waals surface area contributed by atoms with Gasteiger partial charge in [0.1, 0.15) is 0 Å². The molecule has 0 saturated heterocycles. The predicted molar refractivity (Wildman–Crippen MR) is 97.8 cm³/mol. The summed E-state index contributed by atoms with van der Waals surface area (Å²) in [4.78, 5) is 0.0713. The Labute approximate surface area is 155 Å². The van der Waals surface area contributed by atoms with Crippen molar-refractivity contribution in [2.75, 3.05) is 11.5 Å². The molecule has 3 nitrogen and oxygen atoms in total. The highest BCUT2D eigenvalue weighted by Crippen LogP contribution is 2.42. The summed E-state index contributed by atoms with van der Waals surface area (Å²) in [5.41, 5.74) is 4.37. The number of hydrogen-bond acceptors (Lipinski definition) is 3. The van der Waals surface area contributed by atoms with Crippen molar-refractivity contribution >= 4 is 27.1 Å². The zero-order valence-corrected chi connectivity index (χ0v) is 15.8. The van der Waals surface area contributed by atoms with Crippen LogP contribution in [0, 0.1) is 5.92 Å². The Hall–Kier alpha value is -1.73. The normalized spacial score (nSPS) is 12.6. The second-order valence-corrected chi connectivity index (χ2v) is 8.97. The van der Waals surface area contributed by atoms with Crippen molar-refractivity contribution < 1.29 is 21.6 Å². The van der Waals surface area contributed by atoms with E-state index >= 15 is 0 Å². The third kappa shape index (κ3) is 4.71. The van der Waals surface area contributed by atoms with E-state index in [4.69, 9.17) is 17.3 Å². The molecule has 142 valence electrons. The van der Waals surface area contributed by atoms with Crippen molar-refractivity contribution in [1.29, 1.82) is 0 Å². The largest absolute Gasteiger partial charge is 0.417 e. The third-order valence-corrected chi connectivity index (χ3v) is 5.95. The first-order valence-electron chi connectivity index (χ1n) is 7.91. The maximum Gasteiger partial charge on any atom is 0.417 e. The Bertz CT molecular complexity index is 892. The Morgan fingerprint density at radius 1 is 1.12 bits per heavy atom. The second-order valence-electron chi connectivity index (χ2n) is 6.45. The van der Waals surface area contributed by atoms with Crippen LogP contribution in [0.2, 0.25) is 5.02 Å². The molecule has 0 amide bonds. The first-order chi connectivity index (χ1) is 11.9. The fourth-order valence-electron chi connectivity index (χ4n) is 2.48. The van der Waals surface area contributed by atoms with E-state index in [2.05, 4.69) is 0 Å². The van der Waals surface area contributed by atoms with Gasteiger partial charge in [-0.15, -0.1) is 0 Å². The van der Waals surface area contributed by atoms with E-state index in [1.165, 1.54) is 30.3 Å². The summed E-state index contributed by atoms with van der Waals surface area (Å²) in [7, 11) is -3.48. The maximum atomic E-state index is 13.3. The molecule has 8 heteroatoms. The van der Waals surface area contributed by atoms with Crippen LogP contribution in [0.3, 0.4) is 0 Å². The number of benzene rings is 2. The molecule has 0 fully saturated rings.